The van der Waals surface area contributed by atoms with Crippen molar-refractivity contribution >= 4 is 109 Å². The van der Waals surface area contributed by atoms with Crippen LogP contribution in [0.4, 0.5) is 0 Å². The number of fused-ring (bicyclic) bond motifs is 5. The zero-order chi connectivity index (χ0) is 72.1. The highest BCUT2D eigenvalue weighted by Gasteiger charge is 2.38. The molecule has 0 unspecified atom stereocenters. The Balaban J connectivity index is 1.50. The monoisotopic (exact) mass is 1400 g/mol. The third-order valence-corrected chi connectivity index (χ3v) is 18.9. The predicted molar refractivity (Wildman–Crippen MR) is 361 cm³/mol. The number of aromatic amines is 2. The molecule has 6 rings (SSSR count). The fourth-order valence-electron chi connectivity index (χ4n) is 10.3. The second-order valence-electron chi connectivity index (χ2n) is 24.6. The van der Waals surface area contributed by atoms with Crippen LogP contribution >= 0.6 is 21.6 Å². The summed E-state index contributed by atoms with van der Waals surface area (Å²) >= 11 is 0. The molecule has 34 heteroatoms. The molecule has 0 radical (unpaired) electrons. The van der Waals surface area contributed by atoms with Gasteiger partial charge in [0.1, 0.15) is 78.3 Å². The van der Waals surface area contributed by atoms with Gasteiger partial charge in [-0.15, -0.1) is 0 Å². The van der Waals surface area contributed by atoms with Gasteiger partial charge in [0.15, 0.2) is 0 Å². The van der Waals surface area contributed by atoms with E-state index in [1.165, 1.54) is 69.7 Å². The number of carboxylic acids is 1. The molecule has 2 aliphatic rings. The topological polar surface area (TPSA) is 497 Å². The average Bonchev–Trinajstić information content (AvgIpc) is 1.57. The first-order valence-corrected chi connectivity index (χ1v) is 34.4. The van der Waals surface area contributed by atoms with Crippen LogP contribution in [0.1, 0.15) is 91.5 Å². The van der Waals surface area contributed by atoms with Gasteiger partial charge in [0, 0.05) is 59.8 Å². The van der Waals surface area contributed by atoms with Crippen LogP contribution in [-0.2, 0) is 81.6 Å². The lowest BCUT2D eigenvalue weighted by Gasteiger charge is -2.29. The Morgan fingerprint density at radius 1 is 0.551 bits per heavy atom. The van der Waals surface area contributed by atoms with Gasteiger partial charge in [-0.25, -0.2) is 9.78 Å². The molecule has 532 valence electrons. The highest BCUT2D eigenvalue weighted by Crippen LogP contribution is 2.24. The summed E-state index contributed by atoms with van der Waals surface area (Å²) in [6.45, 7) is 11.7. The first kappa shape index (κ1) is 77.5. The van der Waals surface area contributed by atoms with Crippen molar-refractivity contribution in [3.63, 3.8) is 0 Å². The molecule has 2 aliphatic heterocycles. The Morgan fingerprint density at radius 3 is 1.60 bits per heavy atom. The number of hydrogen-bond acceptors (Lipinski definition) is 19. The zero-order valence-electron chi connectivity index (χ0n) is 55.4. The molecule has 4 aromatic rings. The van der Waals surface area contributed by atoms with E-state index in [2.05, 4.69) is 78.8 Å². The predicted octanol–water partition coefficient (Wildman–Crippen LogP) is -2.26. The maximum absolute atomic E-state index is 15.2. The van der Waals surface area contributed by atoms with Crippen LogP contribution in [0.5, 0.6) is 5.75 Å². The fourth-order valence-corrected chi connectivity index (χ4v) is 12.5. The number of carbonyl (C=O) groups is 13. The summed E-state index contributed by atoms with van der Waals surface area (Å²) in [4.78, 5) is 195. The number of para-hydroxylation sites is 1. The molecule has 15 atom stereocenters. The van der Waals surface area contributed by atoms with Gasteiger partial charge in [0.05, 0.1) is 18.5 Å². The van der Waals surface area contributed by atoms with E-state index in [4.69, 9.17) is 5.73 Å². The summed E-state index contributed by atoms with van der Waals surface area (Å²) < 4.78 is 0. The molecule has 2 bridgehead atoms. The van der Waals surface area contributed by atoms with Crippen molar-refractivity contribution in [3.8, 4) is 5.75 Å². The van der Waals surface area contributed by atoms with E-state index < -0.39 is 186 Å². The van der Waals surface area contributed by atoms with Gasteiger partial charge in [0.25, 0.3) is 0 Å². The first-order chi connectivity index (χ1) is 46.4. The van der Waals surface area contributed by atoms with Crippen molar-refractivity contribution in [1.82, 2.24) is 78.8 Å². The molecule has 0 spiro atoms. The number of carbonyl (C=O) groups excluding carboxylic acids is 12. The van der Waals surface area contributed by atoms with Gasteiger partial charge in [-0.1, -0.05) is 98.2 Å². The van der Waals surface area contributed by atoms with E-state index in [1.54, 1.807) is 58.2 Å². The van der Waals surface area contributed by atoms with Crippen molar-refractivity contribution in [1.29, 1.82) is 0 Å². The minimum absolute atomic E-state index is 0.127. The summed E-state index contributed by atoms with van der Waals surface area (Å²) in [5, 5.41) is 63.1. The van der Waals surface area contributed by atoms with Crippen LogP contribution in [0.3, 0.4) is 0 Å². The van der Waals surface area contributed by atoms with Gasteiger partial charge in [-0.05, 0) is 81.7 Å². The Bertz CT molecular complexity index is 3540. The lowest BCUT2D eigenvalue weighted by molar-refractivity contribution is -0.142. The van der Waals surface area contributed by atoms with Crippen molar-refractivity contribution in [2.75, 3.05) is 11.5 Å². The normalized spacial score (nSPS) is 27.4. The molecule has 0 fully saturated rings. The van der Waals surface area contributed by atoms with Gasteiger partial charge in [-0.2, -0.15) is 0 Å². The number of nitrogens with two attached hydrogens (primary N) is 1. The SMILES string of the molecule is CC[C@H](C)[C@@H]1NC(=O)[C@@H]2CC=CC[C@H](NC(=O)[C@H](Cc3cnc[nH]3)NC(=O)[C@H](C)NC(=O)[C@H](C)NC1=O)C(=O)N[C@@H](Cc1c[nH]c3ccccc13)C(=O)N[C@@H]([C@@H](C)O)C(=O)N[C@H](C(=O)O)CSSC[C@H](N)C(=O)N[C@@H](C(C)C)C(=O)N[C@@H](C)C(=O)N[C@@H](Cc1ccc(O)cc1)C(=O)N2. The molecule has 19 N–H and O–H groups in total. The molecule has 98 heavy (non-hydrogen) atoms. The highest BCUT2D eigenvalue weighted by molar-refractivity contribution is 8.76. The minimum Gasteiger partial charge on any atom is -0.508 e. The van der Waals surface area contributed by atoms with Gasteiger partial charge < -0.3 is 94.8 Å². The maximum atomic E-state index is 15.2. The van der Waals surface area contributed by atoms with E-state index in [0.29, 0.717) is 34.1 Å². The van der Waals surface area contributed by atoms with Crippen LogP contribution in [0.15, 0.2) is 79.4 Å². The van der Waals surface area contributed by atoms with Gasteiger partial charge in [0.2, 0.25) is 70.9 Å². The number of carboxylic acid groups (broad SMARTS) is 1. The standard InChI is InChI=1S/C64H88N16O16S2/c1-9-31(4)50-62(93)71-32(5)52(83)69-33(6)53(84)75-47(24-38-26-66-29-68-38)59(90)72-43-16-12-13-17-44(57(88)79-50)73-58(89)45(22-36-18-20-39(82)21-19-36)74-54(85)34(7)70-61(92)49(30(2)3)78-55(86)41(65)27-97-98-28-48(64(95)96)77-63(94)51(35(8)81)80-60(91)46(76-56(43)87)23-37-25-67-42-15-11-10-14-40(37)42/h10-15,18-21,25-26,29-35,41,43-51,67,81-82H,9,16-17,22-24,27-28,65H2,1-8H3,(H,66,68)(H,69,83)(H,70,92)(H,71,93)(H,72,90)(H,73,89)(H,74,85)(H,75,84)(H,76,87)(H,77,94)(H,78,86)(H,79,88)(H,80,91)(H,95,96)/t31-,32-,33-,34-,35+,41-,43-,44-,45-,46-,47-,48-,49-,50-,51-/m0/s1. The lowest BCUT2D eigenvalue weighted by atomic mass is 9.97. The number of aliphatic hydroxyl groups excluding tert-OH is 1. The second-order valence-corrected chi connectivity index (χ2v) is 27.1. The van der Waals surface area contributed by atoms with Gasteiger partial charge >= 0.3 is 5.97 Å². The van der Waals surface area contributed by atoms with Crippen molar-refractivity contribution in [2.24, 2.45) is 17.6 Å². The molecular formula is C64H88N16O16S2. The number of amides is 12. The third kappa shape index (κ3) is 22.5. The van der Waals surface area contributed by atoms with E-state index in [1.807, 2.05) is 0 Å². The Kier molecular flexibility index (Phi) is 29.0. The zero-order valence-corrected chi connectivity index (χ0v) is 57.0. The molecular weight excluding hydrogens is 1310 g/mol. The Labute approximate surface area is 572 Å². The lowest BCUT2D eigenvalue weighted by Crippen LogP contribution is -2.61. The highest BCUT2D eigenvalue weighted by atomic mass is 33.1. The van der Waals surface area contributed by atoms with E-state index in [9.17, 15) is 72.9 Å². The van der Waals surface area contributed by atoms with Crippen molar-refractivity contribution < 1.29 is 77.6 Å². The number of nitrogens with one attached hydrogen (secondary N) is 14. The summed E-state index contributed by atoms with van der Waals surface area (Å²) in [6.07, 6.45) is 3.78. The largest absolute Gasteiger partial charge is 0.508 e. The Hall–Kier alpha value is -9.54. The van der Waals surface area contributed by atoms with Crippen LogP contribution in [-0.4, -0.2) is 203 Å². The van der Waals surface area contributed by atoms with E-state index in [0.717, 1.165) is 28.5 Å². The number of imidazole rings is 1. The summed E-state index contributed by atoms with van der Waals surface area (Å²) in [5.74, 6) is -14.7. The number of rotatable bonds is 11. The minimum atomic E-state index is -1.87. The number of phenolic OH excluding ortho intramolecular Hbond substituents is 1. The first-order valence-electron chi connectivity index (χ1n) is 31.9. The second kappa shape index (κ2) is 36.7. The molecule has 12 amide bonds. The number of aliphatic hydroxyl groups is 1. The maximum Gasteiger partial charge on any atom is 0.327 e. The number of aromatic nitrogens is 3. The summed E-state index contributed by atoms with van der Waals surface area (Å²) in [5.41, 5.74) is 8.08. The number of aromatic hydroxyl groups is 1. The van der Waals surface area contributed by atoms with Crippen LogP contribution < -0.4 is 69.5 Å². The number of H-pyrrole nitrogens is 2. The number of phenols is 1. The summed E-state index contributed by atoms with van der Waals surface area (Å²) in [6, 6.07) is -7.14. The summed E-state index contributed by atoms with van der Waals surface area (Å²) in [7, 11) is 1.85. The van der Waals surface area contributed by atoms with Crippen LogP contribution in [0.25, 0.3) is 10.9 Å². The van der Waals surface area contributed by atoms with Crippen molar-refractivity contribution in [2.45, 2.75) is 179 Å². The van der Waals surface area contributed by atoms with Crippen LogP contribution in [0, 0.1) is 11.8 Å². The molecule has 32 nitrogen and oxygen atoms in total. The Morgan fingerprint density at radius 2 is 1.04 bits per heavy atom. The third-order valence-electron chi connectivity index (χ3n) is 16.4. The molecule has 0 saturated heterocycles. The molecule has 4 heterocycles. The smallest absolute Gasteiger partial charge is 0.327 e. The van der Waals surface area contributed by atoms with E-state index in [-0.39, 0.29) is 36.5 Å². The van der Waals surface area contributed by atoms with Crippen LogP contribution in [0.2, 0.25) is 0 Å². The quantitative estimate of drug-likeness (QED) is 0.0557. The van der Waals surface area contributed by atoms with Crippen molar-refractivity contribution in [3.05, 3.63) is 96.2 Å². The molecule has 0 saturated carbocycles. The number of benzene rings is 2. The molecule has 2 aromatic heterocycles. The average molecular weight is 1400 g/mol. The molecule has 2 aromatic carbocycles. The fraction of sp³-hybridized carbons (Fsp3) is 0.500. The number of aliphatic carboxylic acids is 1. The number of hydrogen-bond donors (Lipinski definition) is 18. The van der Waals surface area contributed by atoms with Gasteiger partial charge in [-0.3, -0.25) is 57.5 Å². The number of nitrogens with zero attached hydrogens (tertiary/aromatic N) is 1. The van der Waals surface area contributed by atoms with E-state index >= 15 is 4.79 Å². The molecule has 0 aliphatic carbocycles.